The van der Waals surface area contributed by atoms with Gasteiger partial charge in [0, 0.05) is 55.2 Å². The van der Waals surface area contributed by atoms with Crippen molar-refractivity contribution in [3.63, 3.8) is 0 Å². The zero-order chi connectivity index (χ0) is 24.2. The van der Waals surface area contributed by atoms with Crippen LogP contribution in [0.2, 0.25) is 0 Å². The van der Waals surface area contributed by atoms with Gasteiger partial charge in [0.25, 0.3) is 5.91 Å². The maximum atomic E-state index is 12.8. The van der Waals surface area contributed by atoms with Crippen molar-refractivity contribution < 1.29 is 18.0 Å². The molecule has 0 unspecified atom stereocenters. The Bertz CT molecular complexity index is 1410. The molecular weight excluding hydrogens is 461 g/mol. The van der Waals surface area contributed by atoms with Gasteiger partial charge in [0.2, 0.25) is 5.95 Å². The van der Waals surface area contributed by atoms with E-state index >= 15 is 0 Å². The molecule has 0 saturated carbocycles. The molecule has 0 bridgehead atoms. The lowest BCUT2D eigenvalue weighted by Crippen LogP contribution is -2.59. The maximum Gasteiger partial charge on any atom is 0.416 e. The number of hydrogen-bond donors (Lipinski definition) is 2. The number of fused-ring (bicyclic) bond motifs is 2. The molecule has 0 radical (unpaired) electrons. The largest absolute Gasteiger partial charge is 0.416 e. The van der Waals surface area contributed by atoms with Crippen molar-refractivity contribution in [2.45, 2.75) is 25.3 Å². The zero-order valence-corrected chi connectivity index (χ0v) is 18.3. The van der Waals surface area contributed by atoms with Crippen molar-refractivity contribution in [3.8, 4) is 0 Å². The predicted molar refractivity (Wildman–Crippen MR) is 120 cm³/mol. The molecule has 1 saturated heterocycles. The summed E-state index contributed by atoms with van der Waals surface area (Å²) in [6.07, 6.45) is -2.64. The maximum absolute atomic E-state index is 12.8. The lowest BCUT2D eigenvalue weighted by Gasteiger charge is -2.44. The van der Waals surface area contributed by atoms with Gasteiger partial charge in [0.1, 0.15) is 5.52 Å². The van der Waals surface area contributed by atoms with Crippen LogP contribution < -0.4 is 5.32 Å². The molecule has 2 aliphatic rings. The first-order valence-electron chi connectivity index (χ1n) is 11.0. The van der Waals surface area contributed by atoms with Gasteiger partial charge in [-0.3, -0.25) is 14.8 Å². The summed E-state index contributed by atoms with van der Waals surface area (Å²) in [4.78, 5) is 25.7. The van der Waals surface area contributed by atoms with Crippen molar-refractivity contribution in [1.29, 1.82) is 0 Å². The van der Waals surface area contributed by atoms with Crippen LogP contribution in [0.4, 0.5) is 24.8 Å². The number of likely N-dealkylation sites (tertiary alicyclic amines) is 1. The Kier molecular flexibility index (Phi) is 4.92. The highest BCUT2D eigenvalue weighted by Crippen LogP contribution is 2.31. The van der Waals surface area contributed by atoms with Gasteiger partial charge in [-0.15, -0.1) is 5.10 Å². The predicted octanol–water partition coefficient (Wildman–Crippen LogP) is 3.35. The van der Waals surface area contributed by atoms with E-state index in [1.165, 1.54) is 12.1 Å². The fourth-order valence-corrected chi connectivity index (χ4v) is 4.38. The Hall–Kier alpha value is -4.06. The van der Waals surface area contributed by atoms with Crippen molar-refractivity contribution in [3.05, 3.63) is 71.0 Å². The molecule has 4 heterocycles. The number of amides is 1. The number of alkyl halides is 3. The second kappa shape index (κ2) is 8.01. The van der Waals surface area contributed by atoms with E-state index in [-0.39, 0.29) is 11.9 Å². The number of carbonyl (C=O) groups excluding carboxylic acids is 1. The zero-order valence-electron chi connectivity index (χ0n) is 18.3. The molecule has 178 valence electrons. The van der Waals surface area contributed by atoms with Gasteiger partial charge in [-0.2, -0.15) is 13.2 Å². The van der Waals surface area contributed by atoms with Crippen LogP contribution in [0.3, 0.4) is 0 Å². The molecule has 2 aromatic heterocycles. The summed E-state index contributed by atoms with van der Waals surface area (Å²) in [6, 6.07) is 10.3. The number of benzene rings is 2. The van der Waals surface area contributed by atoms with Crippen LogP contribution in [0, 0.1) is 0 Å². The Labute approximate surface area is 197 Å². The second-order valence-electron chi connectivity index (χ2n) is 8.68. The molecule has 4 aromatic rings. The van der Waals surface area contributed by atoms with Crippen molar-refractivity contribution in [2.75, 3.05) is 18.4 Å². The molecule has 6 rings (SSSR count). The molecule has 1 amide bonds. The number of halogens is 3. The van der Waals surface area contributed by atoms with Gasteiger partial charge in [0.15, 0.2) is 0 Å². The summed E-state index contributed by atoms with van der Waals surface area (Å²) in [7, 11) is 0. The minimum absolute atomic E-state index is 0.0364. The Balaban J connectivity index is 1.07. The number of aromatic nitrogens is 5. The molecule has 9 nitrogen and oxygen atoms in total. The van der Waals surface area contributed by atoms with E-state index in [1.807, 2.05) is 0 Å². The fourth-order valence-electron chi connectivity index (χ4n) is 4.38. The van der Waals surface area contributed by atoms with Crippen LogP contribution in [0.25, 0.3) is 11.0 Å². The van der Waals surface area contributed by atoms with Gasteiger partial charge >= 0.3 is 6.18 Å². The number of hydrogen-bond acceptors (Lipinski definition) is 7. The molecule has 2 aliphatic heterocycles. The average molecular weight is 480 g/mol. The smallest absolute Gasteiger partial charge is 0.335 e. The van der Waals surface area contributed by atoms with E-state index < -0.39 is 11.7 Å². The van der Waals surface area contributed by atoms with E-state index in [0.29, 0.717) is 48.9 Å². The van der Waals surface area contributed by atoms with Crippen LogP contribution in [-0.2, 0) is 19.3 Å². The third-order valence-electron chi connectivity index (χ3n) is 6.39. The van der Waals surface area contributed by atoms with Gasteiger partial charge < -0.3 is 10.2 Å². The molecule has 0 aliphatic carbocycles. The van der Waals surface area contributed by atoms with Crippen molar-refractivity contribution in [2.24, 2.45) is 0 Å². The number of nitrogens with one attached hydrogen (secondary N) is 2. The number of anilines is 2. The van der Waals surface area contributed by atoms with Crippen LogP contribution in [0.1, 0.15) is 27.2 Å². The normalized spacial score (nSPS) is 16.4. The topological polar surface area (TPSA) is 103 Å². The van der Waals surface area contributed by atoms with E-state index in [0.717, 1.165) is 28.9 Å². The van der Waals surface area contributed by atoms with Gasteiger partial charge in [0.05, 0.1) is 16.8 Å². The lowest BCUT2D eigenvalue weighted by atomic mass is 10.0. The van der Waals surface area contributed by atoms with Crippen molar-refractivity contribution in [1.82, 2.24) is 35.2 Å². The van der Waals surface area contributed by atoms with E-state index in [4.69, 9.17) is 0 Å². The summed E-state index contributed by atoms with van der Waals surface area (Å²) in [5.74, 6) is 0.296. The summed E-state index contributed by atoms with van der Waals surface area (Å²) in [5, 5.41) is 13.4. The molecule has 2 N–H and O–H groups in total. The average Bonchev–Trinajstić information content (AvgIpc) is 3.43. The van der Waals surface area contributed by atoms with Crippen molar-refractivity contribution >= 4 is 28.6 Å². The number of nitrogens with zero attached hydrogens (tertiary/aromatic N) is 6. The van der Waals surface area contributed by atoms with Crippen LogP contribution >= 0.6 is 0 Å². The Morgan fingerprint density at radius 2 is 1.89 bits per heavy atom. The van der Waals surface area contributed by atoms with Gasteiger partial charge in [-0.25, -0.2) is 9.97 Å². The summed E-state index contributed by atoms with van der Waals surface area (Å²) in [5.41, 5.74) is 3.66. The minimum Gasteiger partial charge on any atom is -0.335 e. The van der Waals surface area contributed by atoms with Gasteiger partial charge in [-0.05, 0) is 42.5 Å². The lowest BCUT2D eigenvalue weighted by molar-refractivity contribution is -0.137. The van der Waals surface area contributed by atoms with Gasteiger partial charge in [-0.1, -0.05) is 5.21 Å². The highest BCUT2D eigenvalue weighted by Gasteiger charge is 2.38. The summed E-state index contributed by atoms with van der Waals surface area (Å²) < 4.78 is 38.3. The standard InChI is InChI=1S/C23H19F3N8O/c24-23(25,26)15-2-4-16(5-3-15)28-22-27-8-14-9-33(12-20(14)29-22)17-10-34(11-17)21(35)13-1-6-18-19(7-13)31-32-30-18/h1-8,17H,9-12H2,(H,27,28,29)(H,30,31,32). The highest BCUT2D eigenvalue weighted by atomic mass is 19.4. The monoisotopic (exact) mass is 480 g/mol. The number of carbonyl (C=O) groups is 1. The minimum atomic E-state index is -4.38. The van der Waals surface area contributed by atoms with E-state index in [2.05, 4.69) is 35.6 Å². The quantitative estimate of drug-likeness (QED) is 0.462. The Morgan fingerprint density at radius 1 is 1.09 bits per heavy atom. The summed E-state index contributed by atoms with van der Waals surface area (Å²) in [6.45, 7) is 2.55. The first-order valence-corrected chi connectivity index (χ1v) is 11.0. The van der Waals surface area contributed by atoms with E-state index in [1.54, 1.807) is 29.3 Å². The first-order chi connectivity index (χ1) is 16.8. The third kappa shape index (κ3) is 4.05. The number of H-pyrrole nitrogens is 1. The van der Waals surface area contributed by atoms with E-state index in [9.17, 15) is 18.0 Å². The second-order valence-corrected chi connectivity index (χ2v) is 8.68. The van der Waals surface area contributed by atoms with Crippen LogP contribution in [-0.4, -0.2) is 60.2 Å². The SMILES string of the molecule is O=C(c1ccc2[nH]nnc2c1)N1CC(N2Cc3cnc(Nc4ccc(C(F)(F)F)cc4)nc3C2)C1. The molecule has 0 atom stereocenters. The van der Waals surface area contributed by atoms with Crippen LogP contribution in [0.5, 0.6) is 0 Å². The molecule has 0 spiro atoms. The molecule has 1 fully saturated rings. The molecule has 2 aromatic carbocycles. The van der Waals surface area contributed by atoms with Crippen LogP contribution in [0.15, 0.2) is 48.7 Å². The Morgan fingerprint density at radius 3 is 2.66 bits per heavy atom. The molecular formula is C23H19F3N8O. The third-order valence-corrected chi connectivity index (χ3v) is 6.39. The first kappa shape index (κ1) is 21.5. The summed E-state index contributed by atoms with van der Waals surface area (Å²) >= 11 is 0. The molecule has 12 heteroatoms. The highest BCUT2D eigenvalue weighted by molar-refractivity contribution is 5.97. The molecule has 35 heavy (non-hydrogen) atoms. The fraction of sp³-hybridized carbons (Fsp3) is 0.261. The number of aromatic amines is 1. The number of rotatable bonds is 4.